The van der Waals surface area contributed by atoms with Gasteiger partial charge in [0.1, 0.15) is 17.7 Å². The predicted molar refractivity (Wildman–Crippen MR) is 126 cm³/mol. The molecule has 0 spiro atoms. The molecule has 9 nitrogen and oxygen atoms in total. The number of halogens is 5. The highest BCUT2D eigenvalue weighted by molar-refractivity contribution is 7.89. The summed E-state index contributed by atoms with van der Waals surface area (Å²) in [5.41, 5.74) is 0.105. The lowest BCUT2D eigenvalue weighted by molar-refractivity contribution is -0.145. The Kier molecular flexibility index (Phi) is 8.23. The fourth-order valence-electron chi connectivity index (χ4n) is 4.23. The fourth-order valence-corrected chi connectivity index (χ4v) is 6.05. The minimum Gasteiger partial charge on any atom is -0.383 e. The number of benzene rings is 1. The summed E-state index contributed by atoms with van der Waals surface area (Å²) in [6.45, 7) is -0.348. The van der Waals surface area contributed by atoms with Crippen molar-refractivity contribution in [3.63, 3.8) is 0 Å². The van der Waals surface area contributed by atoms with E-state index in [0.717, 1.165) is 47.2 Å². The topological polar surface area (TPSA) is 114 Å². The molecule has 1 aliphatic heterocycles. The Hall–Kier alpha value is -3.56. The van der Waals surface area contributed by atoms with Crippen molar-refractivity contribution in [1.29, 1.82) is 0 Å². The van der Waals surface area contributed by atoms with E-state index in [0.29, 0.717) is 6.42 Å². The summed E-state index contributed by atoms with van der Waals surface area (Å²) in [6.07, 6.45) is -1.63. The molecule has 0 radical (unpaired) electrons. The molecule has 0 aliphatic carbocycles. The number of carbonyl (C=O) groups is 1. The molecule has 4 rings (SSSR count). The monoisotopic (exact) mass is 571 g/mol. The van der Waals surface area contributed by atoms with Crippen LogP contribution in [0.4, 0.5) is 22.0 Å². The number of hydrogen-bond donors (Lipinski definition) is 1. The molecule has 15 heteroatoms. The Morgan fingerprint density at radius 3 is 2.36 bits per heavy atom. The summed E-state index contributed by atoms with van der Waals surface area (Å²) < 4.78 is 98.9. The van der Waals surface area contributed by atoms with Gasteiger partial charge in [0.05, 0.1) is 23.4 Å². The van der Waals surface area contributed by atoms with E-state index in [4.69, 9.17) is 4.74 Å². The first-order chi connectivity index (χ1) is 18.4. The van der Waals surface area contributed by atoms with Gasteiger partial charge in [-0.3, -0.25) is 9.78 Å². The van der Waals surface area contributed by atoms with Gasteiger partial charge in [0.2, 0.25) is 21.8 Å². The Bertz CT molecular complexity index is 1440. The van der Waals surface area contributed by atoms with Gasteiger partial charge in [-0.15, -0.1) is 0 Å². The number of alkyl halides is 3. The van der Waals surface area contributed by atoms with Gasteiger partial charge >= 0.3 is 6.18 Å². The number of amides is 1. The second kappa shape index (κ2) is 11.3. The van der Waals surface area contributed by atoms with E-state index in [2.05, 4.69) is 20.3 Å². The average Bonchev–Trinajstić information content (AvgIpc) is 3.33. The van der Waals surface area contributed by atoms with Gasteiger partial charge in [-0.2, -0.15) is 17.5 Å². The molecule has 3 aromatic rings. The highest BCUT2D eigenvalue weighted by Gasteiger charge is 2.45. The molecule has 0 unspecified atom stereocenters. The van der Waals surface area contributed by atoms with Crippen molar-refractivity contribution in [2.24, 2.45) is 0 Å². The molecular weight excluding hydrogens is 549 g/mol. The molecule has 208 valence electrons. The zero-order chi connectivity index (χ0) is 28.4. The summed E-state index contributed by atoms with van der Waals surface area (Å²) in [6, 6.07) is 3.60. The maximum absolute atomic E-state index is 14.5. The minimum absolute atomic E-state index is 0.0156. The van der Waals surface area contributed by atoms with E-state index >= 15 is 0 Å². The van der Waals surface area contributed by atoms with E-state index in [-0.39, 0.29) is 41.3 Å². The number of ether oxygens (including phenoxy) is 1. The van der Waals surface area contributed by atoms with Gasteiger partial charge in [-0.25, -0.2) is 27.2 Å². The second-order valence-corrected chi connectivity index (χ2v) is 10.5. The third kappa shape index (κ3) is 6.20. The molecule has 1 aliphatic rings. The first-order valence-corrected chi connectivity index (χ1v) is 13.0. The van der Waals surface area contributed by atoms with Crippen LogP contribution in [0.3, 0.4) is 0 Å². The second-order valence-electron chi connectivity index (χ2n) is 8.66. The Morgan fingerprint density at radius 1 is 1.08 bits per heavy atom. The van der Waals surface area contributed by atoms with Crippen LogP contribution in [0.5, 0.6) is 0 Å². The third-order valence-corrected chi connectivity index (χ3v) is 8.06. The SMILES string of the molecule is COC[C@H]1CC[C@@H](C(=O)NCc2cc(-c3cnc(C(F)(F)F)nc3)ncc2F)N1S(=O)(=O)c1ccc(F)cc1. The predicted octanol–water partition coefficient (Wildman–Crippen LogP) is 3.32. The van der Waals surface area contributed by atoms with Crippen molar-refractivity contribution >= 4 is 15.9 Å². The van der Waals surface area contributed by atoms with Gasteiger partial charge in [0.15, 0.2) is 0 Å². The number of pyridine rings is 1. The largest absolute Gasteiger partial charge is 0.451 e. The number of carbonyl (C=O) groups excluding carboxylic acids is 1. The molecular formula is C24H22F5N5O4S. The lowest BCUT2D eigenvalue weighted by atomic mass is 10.1. The van der Waals surface area contributed by atoms with Crippen molar-refractivity contribution in [3.8, 4) is 11.3 Å². The Morgan fingerprint density at radius 2 is 1.74 bits per heavy atom. The Labute approximate surface area is 220 Å². The summed E-state index contributed by atoms with van der Waals surface area (Å²) in [4.78, 5) is 23.3. The summed E-state index contributed by atoms with van der Waals surface area (Å²) in [7, 11) is -2.83. The fraction of sp³-hybridized carbons (Fsp3) is 0.333. The molecule has 2 atom stereocenters. The van der Waals surface area contributed by atoms with Gasteiger partial charge in [0, 0.05) is 43.2 Å². The highest BCUT2D eigenvalue weighted by Crippen LogP contribution is 2.32. The summed E-state index contributed by atoms with van der Waals surface area (Å²) in [5.74, 6) is -3.47. The number of rotatable bonds is 8. The van der Waals surface area contributed by atoms with Crippen molar-refractivity contribution in [3.05, 3.63) is 71.9 Å². The van der Waals surface area contributed by atoms with E-state index in [9.17, 15) is 35.2 Å². The zero-order valence-electron chi connectivity index (χ0n) is 20.3. The van der Waals surface area contributed by atoms with Crippen molar-refractivity contribution in [2.75, 3.05) is 13.7 Å². The normalized spacial score (nSPS) is 18.3. The van der Waals surface area contributed by atoms with Crippen LogP contribution >= 0.6 is 0 Å². The minimum atomic E-state index is -4.73. The van der Waals surface area contributed by atoms with Gasteiger partial charge in [0.25, 0.3) is 0 Å². The van der Waals surface area contributed by atoms with Crippen LogP contribution < -0.4 is 5.32 Å². The van der Waals surface area contributed by atoms with Crippen molar-refractivity contribution < 1.29 is 39.9 Å². The number of sulfonamides is 1. The molecule has 0 saturated carbocycles. The molecule has 1 fully saturated rings. The van der Waals surface area contributed by atoms with Gasteiger partial charge in [-0.1, -0.05) is 0 Å². The average molecular weight is 572 g/mol. The molecule has 1 amide bonds. The number of methoxy groups -OCH3 is 1. The van der Waals surface area contributed by atoms with Crippen LogP contribution in [0.15, 0.2) is 53.8 Å². The van der Waals surface area contributed by atoms with Crippen LogP contribution in [-0.2, 0) is 32.3 Å². The molecule has 0 bridgehead atoms. The lowest BCUT2D eigenvalue weighted by Gasteiger charge is -2.28. The van der Waals surface area contributed by atoms with E-state index in [1.807, 2.05) is 0 Å². The Balaban J connectivity index is 1.53. The molecule has 39 heavy (non-hydrogen) atoms. The number of nitrogens with zero attached hydrogens (tertiary/aromatic N) is 4. The maximum Gasteiger partial charge on any atom is 0.451 e. The van der Waals surface area contributed by atoms with Crippen molar-refractivity contribution in [2.45, 2.75) is 42.5 Å². The first-order valence-electron chi connectivity index (χ1n) is 11.5. The summed E-state index contributed by atoms with van der Waals surface area (Å²) >= 11 is 0. The zero-order valence-corrected chi connectivity index (χ0v) is 21.1. The number of nitrogens with one attached hydrogen (secondary N) is 1. The van der Waals surface area contributed by atoms with Crippen LogP contribution in [0, 0.1) is 11.6 Å². The van der Waals surface area contributed by atoms with Gasteiger partial charge in [-0.05, 0) is 43.2 Å². The third-order valence-electron chi connectivity index (χ3n) is 6.08. The van der Waals surface area contributed by atoms with E-state index < -0.39 is 51.6 Å². The smallest absolute Gasteiger partial charge is 0.383 e. The first kappa shape index (κ1) is 28.4. The maximum atomic E-state index is 14.5. The van der Waals surface area contributed by atoms with E-state index in [1.165, 1.54) is 13.2 Å². The van der Waals surface area contributed by atoms with Crippen LogP contribution in [0.2, 0.25) is 0 Å². The lowest BCUT2D eigenvalue weighted by Crippen LogP contribution is -2.49. The number of hydrogen-bond acceptors (Lipinski definition) is 7. The highest BCUT2D eigenvalue weighted by atomic mass is 32.2. The van der Waals surface area contributed by atoms with E-state index in [1.54, 1.807) is 0 Å². The van der Waals surface area contributed by atoms with Crippen LogP contribution in [0.25, 0.3) is 11.3 Å². The van der Waals surface area contributed by atoms with Crippen LogP contribution in [-0.4, -0.2) is 59.4 Å². The van der Waals surface area contributed by atoms with Gasteiger partial charge < -0.3 is 10.1 Å². The molecule has 1 aromatic carbocycles. The summed E-state index contributed by atoms with van der Waals surface area (Å²) in [5, 5.41) is 2.52. The number of aromatic nitrogens is 3. The quantitative estimate of drug-likeness (QED) is 0.413. The van der Waals surface area contributed by atoms with Crippen molar-refractivity contribution in [1.82, 2.24) is 24.6 Å². The molecule has 1 N–H and O–H groups in total. The van der Waals surface area contributed by atoms with Crippen LogP contribution in [0.1, 0.15) is 24.2 Å². The standard InChI is InChI=1S/C24H22F5N5O4S/c1-38-13-17-4-7-21(34(17)39(36,37)18-5-2-16(25)3-6-18)22(35)31-9-14-8-20(30-12-19(14)26)15-10-32-23(33-11-15)24(27,28)29/h2-3,5-6,8,10-12,17,21H,4,7,9,13H2,1H3,(H,31,35)/t17-,21+/m1/s1. The molecule has 3 heterocycles. The molecule has 2 aromatic heterocycles. The molecule has 1 saturated heterocycles.